The Bertz CT molecular complexity index is 915. The molecule has 1 amide bonds. The van der Waals surface area contributed by atoms with Gasteiger partial charge in [0.1, 0.15) is 0 Å². The van der Waals surface area contributed by atoms with Crippen LogP contribution in [0.25, 0.3) is 6.08 Å². The number of halogens is 1. The minimum atomic E-state index is -0.161. The zero-order chi connectivity index (χ0) is 18.8. The maximum Gasteiger partial charge on any atom is 0.286 e. The summed E-state index contributed by atoms with van der Waals surface area (Å²) < 4.78 is 0. The Hall–Kier alpha value is -2.24. The van der Waals surface area contributed by atoms with Gasteiger partial charge in [-0.25, -0.2) is 0 Å². The van der Waals surface area contributed by atoms with E-state index in [-0.39, 0.29) is 5.91 Å². The first-order chi connectivity index (χ1) is 13.1. The molecule has 4 rings (SSSR count). The van der Waals surface area contributed by atoms with Crippen molar-refractivity contribution in [3.05, 3.63) is 69.6 Å². The van der Waals surface area contributed by atoms with Gasteiger partial charge in [0, 0.05) is 36.9 Å². The average molecular weight is 398 g/mol. The molecule has 0 bridgehead atoms. The topological polar surface area (TPSA) is 35.9 Å². The third-order valence-corrected chi connectivity index (χ3v) is 5.99. The van der Waals surface area contributed by atoms with Crippen molar-refractivity contribution >= 4 is 46.2 Å². The smallest absolute Gasteiger partial charge is 0.286 e. The van der Waals surface area contributed by atoms with Gasteiger partial charge in [0.15, 0.2) is 5.17 Å². The van der Waals surface area contributed by atoms with Crippen molar-refractivity contribution in [1.82, 2.24) is 4.90 Å². The first-order valence-corrected chi connectivity index (χ1v) is 10.1. The van der Waals surface area contributed by atoms with Gasteiger partial charge in [-0.3, -0.25) is 4.79 Å². The van der Waals surface area contributed by atoms with E-state index in [2.05, 4.69) is 46.0 Å². The number of carbonyl (C=O) groups is 1. The Labute approximate surface area is 168 Å². The Balaban J connectivity index is 1.40. The van der Waals surface area contributed by atoms with E-state index in [9.17, 15) is 4.79 Å². The van der Waals surface area contributed by atoms with Crippen LogP contribution in [0.3, 0.4) is 0 Å². The van der Waals surface area contributed by atoms with E-state index in [4.69, 9.17) is 11.6 Å². The summed E-state index contributed by atoms with van der Waals surface area (Å²) in [5.41, 5.74) is 3.49. The van der Waals surface area contributed by atoms with E-state index in [0.29, 0.717) is 9.93 Å². The summed E-state index contributed by atoms with van der Waals surface area (Å²) in [5, 5.41) is 1.50. The molecule has 0 saturated carbocycles. The molecule has 0 aromatic heterocycles. The second kappa shape index (κ2) is 7.79. The molecule has 0 N–H and O–H groups in total. The molecule has 2 aromatic carbocycles. The molecule has 0 radical (unpaired) electrons. The molecule has 2 aliphatic rings. The predicted octanol–water partition coefficient (Wildman–Crippen LogP) is 4.44. The van der Waals surface area contributed by atoms with Gasteiger partial charge >= 0.3 is 0 Å². The largest absolute Gasteiger partial charge is 0.368 e. The first-order valence-electron chi connectivity index (χ1n) is 8.93. The van der Waals surface area contributed by atoms with Gasteiger partial charge in [-0.05, 0) is 60.2 Å². The van der Waals surface area contributed by atoms with E-state index in [1.54, 1.807) is 0 Å². The lowest BCUT2D eigenvalue weighted by molar-refractivity contribution is -0.113. The van der Waals surface area contributed by atoms with Crippen LogP contribution in [0.4, 0.5) is 5.69 Å². The summed E-state index contributed by atoms with van der Waals surface area (Å²) in [7, 11) is 0. The van der Waals surface area contributed by atoms with Gasteiger partial charge in [-0.1, -0.05) is 35.9 Å². The van der Waals surface area contributed by atoms with Crippen LogP contribution in [0.15, 0.2) is 58.4 Å². The van der Waals surface area contributed by atoms with Crippen LogP contribution in [0.5, 0.6) is 0 Å². The number of amides is 1. The second-order valence-electron chi connectivity index (χ2n) is 6.67. The fraction of sp³-hybridized carbons (Fsp3) is 0.238. The third-order valence-electron chi connectivity index (χ3n) is 4.69. The highest BCUT2D eigenvalue weighted by atomic mass is 35.5. The zero-order valence-corrected chi connectivity index (χ0v) is 16.6. The van der Waals surface area contributed by atoms with Gasteiger partial charge in [-0.2, -0.15) is 4.99 Å². The Morgan fingerprint density at radius 3 is 2.44 bits per heavy atom. The van der Waals surface area contributed by atoms with Gasteiger partial charge in [0.25, 0.3) is 5.91 Å². The Kier molecular flexibility index (Phi) is 5.23. The highest BCUT2D eigenvalue weighted by molar-refractivity contribution is 8.18. The molecule has 0 unspecified atom stereocenters. The number of hydrogen-bond acceptors (Lipinski definition) is 4. The maximum atomic E-state index is 12.3. The fourth-order valence-corrected chi connectivity index (χ4v) is 4.32. The number of hydrogen-bond donors (Lipinski definition) is 0. The van der Waals surface area contributed by atoms with Crippen molar-refractivity contribution in [2.45, 2.75) is 6.92 Å². The molecule has 1 saturated heterocycles. The number of benzene rings is 2. The number of amidine groups is 1. The fourth-order valence-electron chi connectivity index (χ4n) is 3.22. The number of nitrogens with zero attached hydrogens (tertiary/aromatic N) is 3. The van der Waals surface area contributed by atoms with Crippen molar-refractivity contribution in [1.29, 1.82) is 0 Å². The summed E-state index contributed by atoms with van der Waals surface area (Å²) in [5.74, 6) is -0.161. The standard InChI is InChI=1S/C21H20ClN3OS/c1-15-3-2-4-18(13-15)24-9-11-25(12-10-24)21-23-20(26)19(27-21)14-16-5-7-17(22)8-6-16/h2-8,13-14H,9-12H2,1H3/b19-14+. The van der Waals surface area contributed by atoms with Crippen LogP contribution in [-0.2, 0) is 4.79 Å². The Morgan fingerprint density at radius 2 is 1.74 bits per heavy atom. The summed E-state index contributed by atoms with van der Waals surface area (Å²) >= 11 is 7.38. The molecule has 2 aromatic rings. The second-order valence-corrected chi connectivity index (χ2v) is 8.12. The first kappa shape index (κ1) is 18.1. The van der Waals surface area contributed by atoms with E-state index >= 15 is 0 Å². The minimum Gasteiger partial charge on any atom is -0.368 e. The number of anilines is 1. The van der Waals surface area contributed by atoms with E-state index in [1.165, 1.54) is 23.0 Å². The van der Waals surface area contributed by atoms with Crippen molar-refractivity contribution in [3.63, 3.8) is 0 Å². The molecule has 138 valence electrons. The van der Waals surface area contributed by atoms with Crippen molar-refractivity contribution in [2.24, 2.45) is 4.99 Å². The molecule has 6 heteroatoms. The number of aryl methyl sites for hydroxylation is 1. The molecular weight excluding hydrogens is 378 g/mol. The molecule has 2 aliphatic heterocycles. The van der Waals surface area contributed by atoms with Crippen LogP contribution in [0, 0.1) is 6.92 Å². The van der Waals surface area contributed by atoms with Crippen LogP contribution >= 0.6 is 23.4 Å². The molecule has 0 atom stereocenters. The van der Waals surface area contributed by atoms with Gasteiger partial charge in [0.2, 0.25) is 0 Å². The minimum absolute atomic E-state index is 0.161. The van der Waals surface area contributed by atoms with Crippen molar-refractivity contribution in [2.75, 3.05) is 31.1 Å². The molecule has 0 aliphatic carbocycles. The lowest BCUT2D eigenvalue weighted by Crippen LogP contribution is -2.47. The number of thioether (sulfide) groups is 1. The lowest BCUT2D eigenvalue weighted by Gasteiger charge is -2.36. The van der Waals surface area contributed by atoms with Crippen LogP contribution in [0.1, 0.15) is 11.1 Å². The number of rotatable bonds is 2. The monoisotopic (exact) mass is 397 g/mol. The van der Waals surface area contributed by atoms with E-state index in [0.717, 1.165) is 36.9 Å². The SMILES string of the molecule is Cc1cccc(N2CCN(C3=NC(=O)/C(=C\c4ccc(Cl)cc4)S3)CC2)c1. The van der Waals surface area contributed by atoms with Gasteiger partial charge in [0.05, 0.1) is 4.91 Å². The quantitative estimate of drug-likeness (QED) is 0.702. The molecule has 4 nitrogen and oxygen atoms in total. The summed E-state index contributed by atoms with van der Waals surface area (Å²) in [4.78, 5) is 21.8. The van der Waals surface area contributed by atoms with Crippen molar-refractivity contribution < 1.29 is 4.79 Å². The van der Waals surface area contributed by atoms with E-state index < -0.39 is 0 Å². The summed E-state index contributed by atoms with van der Waals surface area (Å²) in [6, 6.07) is 16.0. The van der Waals surface area contributed by atoms with Crippen LogP contribution in [-0.4, -0.2) is 42.2 Å². The number of carbonyl (C=O) groups excluding carboxylic acids is 1. The molecule has 27 heavy (non-hydrogen) atoms. The maximum absolute atomic E-state index is 12.3. The average Bonchev–Trinajstić information content (AvgIpc) is 3.04. The highest BCUT2D eigenvalue weighted by Gasteiger charge is 2.28. The molecule has 2 heterocycles. The summed E-state index contributed by atoms with van der Waals surface area (Å²) in [6.45, 7) is 5.69. The molecule has 1 fully saturated rings. The summed E-state index contributed by atoms with van der Waals surface area (Å²) in [6.07, 6.45) is 1.88. The van der Waals surface area contributed by atoms with Crippen molar-refractivity contribution in [3.8, 4) is 0 Å². The van der Waals surface area contributed by atoms with Crippen LogP contribution < -0.4 is 4.90 Å². The third kappa shape index (κ3) is 4.20. The van der Waals surface area contributed by atoms with Gasteiger partial charge in [-0.15, -0.1) is 0 Å². The predicted molar refractivity (Wildman–Crippen MR) is 114 cm³/mol. The number of aliphatic imine (C=N–C) groups is 1. The van der Waals surface area contributed by atoms with Gasteiger partial charge < -0.3 is 9.80 Å². The normalized spacial score (nSPS) is 19.0. The zero-order valence-electron chi connectivity index (χ0n) is 15.1. The molecular formula is C21H20ClN3OS. The van der Waals surface area contributed by atoms with Crippen LogP contribution in [0.2, 0.25) is 5.02 Å². The lowest BCUT2D eigenvalue weighted by atomic mass is 10.2. The highest BCUT2D eigenvalue weighted by Crippen LogP contribution is 2.31. The van der Waals surface area contributed by atoms with E-state index in [1.807, 2.05) is 30.3 Å². The Morgan fingerprint density at radius 1 is 1.04 bits per heavy atom. The number of piperazine rings is 1. The molecule has 0 spiro atoms.